The van der Waals surface area contributed by atoms with Crippen LogP contribution in [0.3, 0.4) is 0 Å². The molecular weight excluding hydrogens is 684 g/mol. The smallest absolute Gasteiger partial charge is 0.349 e. The fraction of sp³-hybridized carbons (Fsp3) is 0.459. The van der Waals surface area contributed by atoms with Gasteiger partial charge in [-0.3, -0.25) is 4.79 Å². The summed E-state index contributed by atoms with van der Waals surface area (Å²) >= 11 is 0. The van der Waals surface area contributed by atoms with Crippen molar-refractivity contribution in [2.75, 3.05) is 40.8 Å². The first-order valence-electron chi connectivity index (χ1n) is 16.9. The zero-order valence-corrected chi connectivity index (χ0v) is 28.5. The molecule has 15 nitrogen and oxygen atoms in total. The molecule has 8 rings (SSSR count). The molecule has 15 heteroatoms. The number of hydrogen-bond donors (Lipinski definition) is 2. The third-order valence-electron chi connectivity index (χ3n) is 10.0. The van der Waals surface area contributed by atoms with E-state index < -0.39 is 72.8 Å². The molecule has 0 aromatic heterocycles. The van der Waals surface area contributed by atoms with Gasteiger partial charge in [-0.1, -0.05) is 18.2 Å². The summed E-state index contributed by atoms with van der Waals surface area (Å²) in [5, 5.41) is 22.2. The molecule has 0 amide bonds. The highest BCUT2D eigenvalue weighted by atomic mass is 16.8. The maximum absolute atomic E-state index is 13.7. The van der Waals surface area contributed by atoms with Crippen LogP contribution in [0.5, 0.6) is 34.5 Å². The quantitative estimate of drug-likeness (QED) is 0.243. The highest BCUT2D eigenvalue weighted by molar-refractivity contribution is 5.80. The number of rotatable bonds is 9. The number of hydrogen-bond acceptors (Lipinski definition) is 15. The van der Waals surface area contributed by atoms with Crippen molar-refractivity contribution in [2.45, 2.75) is 55.9 Å². The largest absolute Gasteiger partial charge is 0.493 e. The number of fused-ring (bicyclic) bond motifs is 4. The summed E-state index contributed by atoms with van der Waals surface area (Å²) in [6.45, 7) is 1.46. The van der Waals surface area contributed by atoms with Crippen LogP contribution < -0.4 is 28.4 Å². The number of benzene rings is 3. The predicted octanol–water partition coefficient (Wildman–Crippen LogP) is 2.62. The van der Waals surface area contributed by atoms with Gasteiger partial charge in [-0.15, -0.1) is 0 Å². The molecule has 3 aromatic carbocycles. The normalized spacial score (nSPS) is 31.4. The Balaban J connectivity index is 1.14. The lowest BCUT2D eigenvalue weighted by Crippen LogP contribution is -2.63. The summed E-state index contributed by atoms with van der Waals surface area (Å²) in [6.07, 6.45) is -7.04. The molecule has 276 valence electrons. The number of aliphatic hydroxyl groups is 2. The molecule has 0 radical (unpaired) electrons. The molecule has 3 fully saturated rings. The molecule has 0 saturated carbocycles. The summed E-state index contributed by atoms with van der Waals surface area (Å²) in [4.78, 5) is 26.6. The van der Waals surface area contributed by atoms with Gasteiger partial charge < -0.3 is 62.3 Å². The summed E-state index contributed by atoms with van der Waals surface area (Å²) in [7, 11) is 2.86. The molecule has 0 bridgehead atoms. The van der Waals surface area contributed by atoms with Crippen molar-refractivity contribution >= 4 is 11.9 Å². The Morgan fingerprint density at radius 1 is 0.885 bits per heavy atom. The molecular formula is C37H38O15. The Morgan fingerprint density at radius 2 is 1.60 bits per heavy atom. The monoisotopic (exact) mass is 722 g/mol. The Hall–Kier alpha value is -4.64. The molecule has 0 spiro atoms. The maximum atomic E-state index is 13.7. The highest BCUT2D eigenvalue weighted by Gasteiger charge is 2.56. The fourth-order valence-electron chi connectivity index (χ4n) is 7.62. The maximum Gasteiger partial charge on any atom is 0.349 e. The van der Waals surface area contributed by atoms with Crippen molar-refractivity contribution in [1.82, 2.24) is 0 Å². The van der Waals surface area contributed by atoms with Crippen molar-refractivity contribution in [3.63, 3.8) is 0 Å². The van der Waals surface area contributed by atoms with Gasteiger partial charge in [-0.2, -0.15) is 0 Å². The summed E-state index contributed by atoms with van der Waals surface area (Å²) in [5.74, 6) is -1.33. The lowest BCUT2D eigenvalue weighted by atomic mass is 9.66. The number of para-hydroxylation sites is 1. The topological polar surface area (TPSA) is 176 Å². The van der Waals surface area contributed by atoms with Gasteiger partial charge >= 0.3 is 11.9 Å². The number of aliphatic hydroxyl groups excluding tert-OH is 2. The molecule has 4 heterocycles. The van der Waals surface area contributed by atoms with Crippen LogP contribution in [0.2, 0.25) is 0 Å². The van der Waals surface area contributed by atoms with E-state index >= 15 is 0 Å². The minimum absolute atomic E-state index is 0.00283. The third-order valence-corrected chi connectivity index (χ3v) is 10.0. The molecule has 5 aliphatic rings. The summed E-state index contributed by atoms with van der Waals surface area (Å²) < 4.78 is 63.8. The van der Waals surface area contributed by atoms with Gasteiger partial charge in [0.25, 0.3) is 0 Å². The molecule has 3 aromatic rings. The van der Waals surface area contributed by atoms with E-state index in [1.807, 2.05) is 6.07 Å². The van der Waals surface area contributed by atoms with Gasteiger partial charge in [0.1, 0.15) is 30.2 Å². The van der Waals surface area contributed by atoms with Crippen LogP contribution in [0, 0.1) is 11.8 Å². The van der Waals surface area contributed by atoms with Crippen molar-refractivity contribution in [3.05, 3.63) is 71.3 Å². The van der Waals surface area contributed by atoms with E-state index in [4.69, 9.17) is 52.1 Å². The SMILES string of the molecule is COc1cc([C@@H]2c3cc4c(cc3[C@@H](O[C@@H]3O[C@@H]5CO[C@@H](C)O[C@H]5[C@H](O)[C@H]3O)[C@H]3COC(=O)[C@H]23)OCO4)cc(OC)c1OC(=O)COc1ccccc1. The third kappa shape index (κ3) is 6.16. The van der Waals surface area contributed by atoms with Crippen LogP contribution in [0.1, 0.15) is 35.6 Å². The molecule has 2 N–H and O–H groups in total. The van der Waals surface area contributed by atoms with Gasteiger partial charge in [0.15, 0.2) is 42.2 Å². The second kappa shape index (κ2) is 14.1. The van der Waals surface area contributed by atoms with E-state index in [1.165, 1.54) is 14.2 Å². The lowest BCUT2D eigenvalue weighted by Gasteiger charge is -2.47. The molecule has 0 unspecified atom stereocenters. The Labute approximate surface area is 298 Å². The second-order valence-corrected chi connectivity index (χ2v) is 13.0. The van der Waals surface area contributed by atoms with Crippen molar-refractivity contribution in [2.24, 2.45) is 11.8 Å². The molecule has 10 atom stereocenters. The lowest BCUT2D eigenvalue weighted by molar-refractivity contribution is -0.364. The second-order valence-electron chi connectivity index (χ2n) is 13.0. The molecule has 52 heavy (non-hydrogen) atoms. The van der Waals surface area contributed by atoms with Gasteiger partial charge in [0.2, 0.25) is 12.5 Å². The highest BCUT2D eigenvalue weighted by Crippen LogP contribution is 2.57. The van der Waals surface area contributed by atoms with Gasteiger partial charge in [-0.05, 0) is 60.0 Å². The van der Waals surface area contributed by atoms with E-state index in [0.717, 1.165) is 0 Å². The zero-order chi connectivity index (χ0) is 36.1. The summed E-state index contributed by atoms with van der Waals surface area (Å²) in [5.41, 5.74) is 1.89. The van der Waals surface area contributed by atoms with E-state index in [0.29, 0.717) is 33.9 Å². The van der Waals surface area contributed by atoms with Crippen LogP contribution in [0.25, 0.3) is 0 Å². The van der Waals surface area contributed by atoms with E-state index in [9.17, 15) is 19.8 Å². The van der Waals surface area contributed by atoms with Crippen molar-refractivity contribution in [3.8, 4) is 34.5 Å². The van der Waals surface area contributed by atoms with Crippen LogP contribution in [-0.4, -0.2) is 100.0 Å². The van der Waals surface area contributed by atoms with Crippen LogP contribution in [0.4, 0.5) is 0 Å². The number of ether oxygens (including phenoxy) is 11. The standard InChI is InChI=1S/C37H38O15/c1-17-44-14-27-35(49-17)31(39)32(40)37(50-27)52-33-21-12-24-23(47-16-48-24)11-20(21)29(30-22(33)13-46-36(30)41)18-9-25(42-2)34(26(10-18)43-3)51-28(38)15-45-19-7-5-4-6-8-19/h4-12,17,22,27,29-33,35,37,39-40H,13-16H2,1-3H3/t17-,22+,27-,29-,30+,31-,32-,33-,35-,37+/m1/s1. The van der Waals surface area contributed by atoms with Gasteiger partial charge in [0.05, 0.1) is 39.5 Å². The number of methoxy groups -OCH3 is 2. The Kier molecular flexibility index (Phi) is 9.32. The molecule has 3 saturated heterocycles. The van der Waals surface area contributed by atoms with E-state index in [-0.39, 0.29) is 43.9 Å². The Morgan fingerprint density at radius 3 is 2.31 bits per heavy atom. The van der Waals surface area contributed by atoms with Crippen molar-refractivity contribution in [1.29, 1.82) is 0 Å². The van der Waals surface area contributed by atoms with Gasteiger partial charge in [0, 0.05) is 11.8 Å². The number of cyclic esters (lactones) is 1. The van der Waals surface area contributed by atoms with Crippen LogP contribution in [0.15, 0.2) is 54.6 Å². The number of carbonyl (C=O) groups is 2. The number of carbonyl (C=O) groups excluding carboxylic acids is 2. The average Bonchev–Trinajstić information content (AvgIpc) is 3.78. The number of esters is 2. The minimum atomic E-state index is -1.47. The first-order valence-corrected chi connectivity index (χ1v) is 16.9. The first-order chi connectivity index (χ1) is 25.2. The zero-order valence-electron chi connectivity index (χ0n) is 28.5. The van der Waals surface area contributed by atoms with E-state index in [2.05, 4.69) is 0 Å². The molecule has 4 aliphatic heterocycles. The predicted molar refractivity (Wildman–Crippen MR) is 174 cm³/mol. The van der Waals surface area contributed by atoms with Crippen molar-refractivity contribution < 1.29 is 71.9 Å². The summed E-state index contributed by atoms with van der Waals surface area (Å²) in [6, 6.07) is 15.8. The minimum Gasteiger partial charge on any atom is -0.493 e. The van der Waals surface area contributed by atoms with Crippen LogP contribution in [-0.2, 0) is 33.3 Å². The fourth-order valence-corrected chi connectivity index (χ4v) is 7.62. The average molecular weight is 723 g/mol. The Bertz CT molecular complexity index is 1790. The first kappa shape index (κ1) is 34.4. The van der Waals surface area contributed by atoms with E-state index in [1.54, 1.807) is 55.5 Å². The van der Waals surface area contributed by atoms with Gasteiger partial charge in [-0.25, -0.2) is 4.79 Å². The molecule has 1 aliphatic carbocycles. The van der Waals surface area contributed by atoms with Crippen LogP contribution >= 0.6 is 0 Å².